The van der Waals surface area contributed by atoms with Crippen LogP contribution in [0.3, 0.4) is 0 Å². The van der Waals surface area contributed by atoms with Crippen molar-refractivity contribution in [3.8, 4) is 0 Å². The zero-order chi connectivity index (χ0) is 16.8. The fourth-order valence-electron chi connectivity index (χ4n) is 5.32. The predicted octanol–water partition coefficient (Wildman–Crippen LogP) is 3.17. The summed E-state index contributed by atoms with van der Waals surface area (Å²) in [5.41, 5.74) is -0.380. The first-order valence-corrected chi connectivity index (χ1v) is 9.41. The summed E-state index contributed by atoms with van der Waals surface area (Å²) in [6, 6.07) is 3.56. The van der Waals surface area contributed by atoms with E-state index in [1.807, 2.05) is 0 Å². The van der Waals surface area contributed by atoms with Crippen molar-refractivity contribution in [2.45, 2.75) is 49.4 Å². The van der Waals surface area contributed by atoms with Gasteiger partial charge in [0.1, 0.15) is 5.76 Å². The molecule has 0 aliphatic heterocycles. The molecule has 1 amide bonds. The van der Waals surface area contributed by atoms with E-state index in [1.165, 1.54) is 19.3 Å². The first kappa shape index (κ1) is 16.2. The molecule has 2 atom stereocenters. The lowest BCUT2D eigenvalue weighted by molar-refractivity contribution is -0.171. The third kappa shape index (κ3) is 3.01. The van der Waals surface area contributed by atoms with Gasteiger partial charge in [-0.2, -0.15) is 0 Å². The van der Waals surface area contributed by atoms with Crippen molar-refractivity contribution in [1.82, 2.24) is 5.32 Å². The SMILES string of the molecule is O=C(COC(=O)C12C[C@H]3C[C@@H](CC(Br)(C3)C1)C2)NCc1ccco1. The van der Waals surface area contributed by atoms with Gasteiger partial charge in [-0.25, -0.2) is 0 Å². The number of rotatable bonds is 5. The van der Waals surface area contributed by atoms with Crippen molar-refractivity contribution in [2.24, 2.45) is 17.3 Å². The number of alkyl halides is 1. The van der Waals surface area contributed by atoms with Crippen LogP contribution < -0.4 is 5.32 Å². The Kier molecular flexibility index (Phi) is 3.98. The van der Waals surface area contributed by atoms with Crippen molar-refractivity contribution in [2.75, 3.05) is 6.61 Å². The number of esters is 1. The molecule has 4 aliphatic rings. The van der Waals surface area contributed by atoms with Crippen LogP contribution in [0, 0.1) is 17.3 Å². The molecule has 1 heterocycles. The van der Waals surface area contributed by atoms with E-state index in [4.69, 9.17) is 9.15 Å². The molecule has 4 fully saturated rings. The number of carbonyl (C=O) groups is 2. The molecule has 0 saturated heterocycles. The molecular weight excluding hydrogens is 374 g/mol. The van der Waals surface area contributed by atoms with Crippen LogP contribution in [-0.4, -0.2) is 22.8 Å². The van der Waals surface area contributed by atoms with Crippen molar-refractivity contribution in [1.29, 1.82) is 0 Å². The third-order valence-corrected chi connectivity index (χ3v) is 6.72. The van der Waals surface area contributed by atoms with Gasteiger partial charge in [0.15, 0.2) is 6.61 Å². The number of hydrogen-bond acceptors (Lipinski definition) is 4. The topological polar surface area (TPSA) is 68.5 Å². The summed E-state index contributed by atoms with van der Waals surface area (Å²) >= 11 is 3.89. The quantitative estimate of drug-likeness (QED) is 0.613. The highest BCUT2D eigenvalue weighted by atomic mass is 79.9. The Morgan fingerprint density at radius 3 is 2.67 bits per heavy atom. The Morgan fingerprint density at radius 2 is 2.04 bits per heavy atom. The molecule has 0 aromatic carbocycles. The summed E-state index contributed by atoms with van der Waals surface area (Å²) in [5.74, 6) is 1.43. The Labute approximate surface area is 149 Å². The van der Waals surface area contributed by atoms with Gasteiger partial charge in [-0.15, -0.1) is 0 Å². The number of amides is 1. The smallest absolute Gasteiger partial charge is 0.312 e. The average Bonchev–Trinajstić information content (AvgIpc) is 3.01. The van der Waals surface area contributed by atoms with Crippen molar-refractivity contribution < 1.29 is 18.7 Å². The number of carbonyl (C=O) groups excluding carboxylic acids is 2. The zero-order valence-corrected chi connectivity index (χ0v) is 15.1. The Balaban J connectivity index is 1.32. The lowest BCUT2D eigenvalue weighted by atomic mass is 9.49. The Hall–Kier alpha value is -1.30. The Morgan fingerprint density at radius 1 is 1.29 bits per heavy atom. The van der Waals surface area contributed by atoms with E-state index in [0.29, 0.717) is 24.1 Å². The molecule has 5 rings (SSSR count). The van der Waals surface area contributed by atoms with Crippen LogP contribution in [0.2, 0.25) is 0 Å². The van der Waals surface area contributed by atoms with Crippen LogP contribution in [0.25, 0.3) is 0 Å². The zero-order valence-electron chi connectivity index (χ0n) is 13.6. The van der Waals surface area contributed by atoms with Gasteiger partial charge in [-0.1, -0.05) is 15.9 Å². The van der Waals surface area contributed by atoms with E-state index in [9.17, 15) is 9.59 Å². The summed E-state index contributed by atoms with van der Waals surface area (Å²) in [6.07, 6.45) is 7.83. The van der Waals surface area contributed by atoms with E-state index in [-0.39, 0.29) is 28.2 Å². The molecule has 0 unspecified atom stereocenters. The fraction of sp³-hybridized carbons (Fsp3) is 0.667. The number of hydrogen-bond donors (Lipinski definition) is 1. The highest BCUT2D eigenvalue weighted by Gasteiger charge is 2.60. The first-order valence-electron chi connectivity index (χ1n) is 8.62. The van der Waals surface area contributed by atoms with Crippen LogP contribution in [0.4, 0.5) is 0 Å². The standard InChI is InChI=1S/C18H22BrNO4/c19-18-7-12-4-13(8-18)6-17(5-12,11-18)16(22)24-10-15(21)20-9-14-2-1-3-23-14/h1-3,12-13H,4-11H2,(H,20,21)/t12-,13-,17?,18?/m1/s1. The molecule has 1 N–H and O–H groups in total. The van der Waals surface area contributed by atoms with Crippen LogP contribution in [0.15, 0.2) is 22.8 Å². The minimum Gasteiger partial charge on any atom is -0.467 e. The van der Waals surface area contributed by atoms with Gasteiger partial charge >= 0.3 is 5.97 Å². The van der Waals surface area contributed by atoms with E-state index in [2.05, 4.69) is 21.2 Å². The second-order valence-corrected chi connectivity index (χ2v) is 9.51. The lowest BCUT2D eigenvalue weighted by Crippen LogP contribution is -2.56. The summed E-state index contributed by atoms with van der Waals surface area (Å²) in [7, 11) is 0. The monoisotopic (exact) mass is 395 g/mol. The molecule has 0 spiro atoms. The lowest BCUT2D eigenvalue weighted by Gasteiger charge is -2.58. The highest BCUT2D eigenvalue weighted by molar-refractivity contribution is 9.10. The molecule has 4 bridgehead atoms. The van der Waals surface area contributed by atoms with Crippen LogP contribution in [-0.2, 0) is 20.9 Å². The molecule has 1 aromatic heterocycles. The van der Waals surface area contributed by atoms with Gasteiger partial charge in [0.2, 0.25) is 0 Å². The molecule has 0 radical (unpaired) electrons. The molecule has 1 aromatic rings. The van der Waals surface area contributed by atoms with E-state index >= 15 is 0 Å². The van der Waals surface area contributed by atoms with Crippen molar-refractivity contribution >= 4 is 27.8 Å². The van der Waals surface area contributed by atoms with Crippen molar-refractivity contribution in [3.05, 3.63) is 24.2 Å². The van der Waals surface area contributed by atoms with Gasteiger partial charge in [0.05, 0.1) is 18.2 Å². The maximum Gasteiger partial charge on any atom is 0.312 e. The summed E-state index contributed by atoms with van der Waals surface area (Å²) in [4.78, 5) is 24.6. The van der Waals surface area contributed by atoms with E-state index in [0.717, 1.165) is 19.3 Å². The number of nitrogens with one attached hydrogen (secondary N) is 1. The predicted molar refractivity (Wildman–Crippen MR) is 90.3 cm³/mol. The molecule has 24 heavy (non-hydrogen) atoms. The molecule has 4 aliphatic carbocycles. The van der Waals surface area contributed by atoms with Crippen LogP contribution in [0.5, 0.6) is 0 Å². The van der Waals surface area contributed by atoms with Gasteiger partial charge in [0.25, 0.3) is 5.91 Å². The molecular formula is C18H22BrNO4. The number of ether oxygens (including phenoxy) is 1. The summed E-state index contributed by atoms with van der Waals surface area (Å²) < 4.78 is 10.7. The molecule has 5 nitrogen and oxygen atoms in total. The number of halogens is 1. The normalized spacial score (nSPS) is 36.5. The third-order valence-electron chi connectivity index (χ3n) is 5.80. The summed E-state index contributed by atoms with van der Waals surface area (Å²) in [6.45, 7) is 0.0924. The van der Waals surface area contributed by atoms with E-state index < -0.39 is 0 Å². The second-order valence-electron chi connectivity index (χ2n) is 7.82. The largest absolute Gasteiger partial charge is 0.467 e. The van der Waals surface area contributed by atoms with Crippen LogP contribution >= 0.6 is 15.9 Å². The Bertz CT molecular complexity index is 627. The van der Waals surface area contributed by atoms with Gasteiger partial charge in [0, 0.05) is 4.32 Å². The molecule has 6 heteroatoms. The summed E-state index contributed by atoms with van der Waals surface area (Å²) in [5, 5.41) is 2.70. The fourth-order valence-corrected chi connectivity index (χ4v) is 6.78. The van der Waals surface area contributed by atoms with Crippen molar-refractivity contribution in [3.63, 3.8) is 0 Å². The maximum absolute atomic E-state index is 12.7. The van der Waals surface area contributed by atoms with Gasteiger partial charge in [-0.3, -0.25) is 9.59 Å². The van der Waals surface area contributed by atoms with Gasteiger partial charge in [-0.05, 0) is 62.5 Å². The average molecular weight is 396 g/mol. The van der Waals surface area contributed by atoms with Gasteiger partial charge < -0.3 is 14.5 Å². The molecule has 130 valence electrons. The minimum absolute atomic E-state index is 0.109. The maximum atomic E-state index is 12.7. The minimum atomic E-state index is -0.380. The van der Waals surface area contributed by atoms with Crippen LogP contribution in [0.1, 0.15) is 44.3 Å². The molecule has 4 saturated carbocycles. The highest BCUT2D eigenvalue weighted by Crippen LogP contribution is 2.64. The first-order chi connectivity index (χ1) is 11.5. The van der Waals surface area contributed by atoms with E-state index in [1.54, 1.807) is 18.4 Å². The number of furan rings is 1. The second kappa shape index (κ2) is 5.90.